The van der Waals surface area contributed by atoms with E-state index < -0.39 is 0 Å². The maximum atomic E-state index is 9.28. The monoisotopic (exact) mass is 247 g/mol. The van der Waals surface area contributed by atoms with Gasteiger partial charge in [-0.05, 0) is 37.1 Å². The zero-order valence-electron chi connectivity index (χ0n) is 10.2. The zero-order chi connectivity index (χ0) is 12.4. The highest BCUT2D eigenvalue weighted by atomic mass is 16.7. The van der Waals surface area contributed by atoms with Crippen molar-refractivity contribution < 1.29 is 14.6 Å². The smallest absolute Gasteiger partial charge is 0.242 e. The maximum Gasteiger partial charge on any atom is 0.242 e. The summed E-state index contributed by atoms with van der Waals surface area (Å²) in [7, 11) is 0. The molecule has 1 aromatic carbocycles. The van der Waals surface area contributed by atoms with Crippen molar-refractivity contribution in [1.82, 2.24) is 0 Å². The minimum Gasteiger partial charge on any atom is -0.508 e. The molecule has 0 amide bonds. The SMILES string of the molecule is Oc1ccc(N2CCC(C3OC=CO3)CC2)cc1. The Morgan fingerprint density at radius 1 is 1.00 bits per heavy atom. The Kier molecular flexibility index (Phi) is 3.00. The first-order chi connectivity index (χ1) is 8.83. The summed E-state index contributed by atoms with van der Waals surface area (Å²) in [5.74, 6) is 0.779. The summed E-state index contributed by atoms with van der Waals surface area (Å²) >= 11 is 0. The molecule has 4 heteroatoms. The topological polar surface area (TPSA) is 41.9 Å². The summed E-state index contributed by atoms with van der Waals surface area (Å²) in [4.78, 5) is 2.33. The molecule has 2 aliphatic rings. The Morgan fingerprint density at radius 3 is 2.22 bits per heavy atom. The van der Waals surface area contributed by atoms with Gasteiger partial charge >= 0.3 is 0 Å². The van der Waals surface area contributed by atoms with Gasteiger partial charge in [0.15, 0.2) is 0 Å². The fourth-order valence-electron chi connectivity index (χ4n) is 2.57. The van der Waals surface area contributed by atoms with Crippen molar-refractivity contribution in [2.45, 2.75) is 19.1 Å². The van der Waals surface area contributed by atoms with Crippen LogP contribution in [0.15, 0.2) is 36.8 Å². The molecular formula is C14H17NO3. The number of anilines is 1. The number of ether oxygens (including phenoxy) is 2. The summed E-state index contributed by atoms with van der Waals surface area (Å²) in [6.45, 7) is 2.00. The van der Waals surface area contributed by atoms with Crippen LogP contribution in [0.3, 0.4) is 0 Å². The number of hydrogen-bond donors (Lipinski definition) is 1. The number of phenolic OH excluding ortho intramolecular Hbond substituents is 1. The van der Waals surface area contributed by atoms with E-state index in [1.165, 1.54) is 0 Å². The third kappa shape index (κ3) is 2.23. The summed E-state index contributed by atoms with van der Waals surface area (Å²) in [5, 5.41) is 9.28. The Hall–Kier alpha value is -1.84. The fraction of sp³-hybridized carbons (Fsp3) is 0.429. The molecule has 1 fully saturated rings. The quantitative estimate of drug-likeness (QED) is 0.871. The molecule has 0 aliphatic carbocycles. The summed E-state index contributed by atoms with van der Waals surface area (Å²) in [6, 6.07) is 7.38. The predicted octanol–water partition coefficient (Wildman–Crippen LogP) is 2.45. The molecule has 4 nitrogen and oxygen atoms in total. The van der Waals surface area contributed by atoms with Crippen LogP contribution in [0, 0.1) is 5.92 Å². The van der Waals surface area contributed by atoms with E-state index in [4.69, 9.17) is 9.47 Å². The molecule has 0 bridgehead atoms. The largest absolute Gasteiger partial charge is 0.508 e. The number of aromatic hydroxyl groups is 1. The molecule has 1 N–H and O–H groups in total. The molecule has 18 heavy (non-hydrogen) atoms. The lowest BCUT2D eigenvalue weighted by molar-refractivity contribution is -0.0728. The first-order valence-electron chi connectivity index (χ1n) is 6.33. The average Bonchev–Trinajstić information content (AvgIpc) is 2.94. The molecule has 2 aliphatic heterocycles. The molecule has 3 rings (SSSR count). The van der Waals surface area contributed by atoms with E-state index >= 15 is 0 Å². The summed E-state index contributed by atoms with van der Waals surface area (Å²) < 4.78 is 10.8. The number of rotatable bonds is 2. The third-order valence-corrected chi connectivity index (χ3v) is 3.62. The van der Waals surface area contributed by atoms with E-state index in [1.54, 1.807) is 24.7 Å². The molecule has 0 spiro atoms. The molecule has 96 valence electrons. The van der Waals surface area contributed by atoms with Gasteiger partial charge in [-0.15, -0.1) is 0 Å². The summed E-state index contributed by atoms with van der Waals surface area (Å²) in [5.41, 5.74) is 1.16. The highest BCUT2D eigenvalue weighted by Gasteiger charge is 2.29. The van der Waals surface area contributed by atoms with Crippen LogP contribution >= 0.6 is 0 Å². The van der Waals surface area contributed by atoms with E-state index in [-0.39, 0.29) is 6.29 Å². The highest BCUT2D eigenvalue weighted by molar-refractivity contribution is 5.49. The van der Waals surface area contributed by atoms with Crippen molar-refractivity contribution in [2.24, 2.45) is 5.92 Å². The predicted molar refractivity (Wildman–Crippen MR) is 68.1 cm³/mol. The van der Waals surface area contributed by atoms with Crippen LogP contribution in [0.25, 0.3) is 0 Å². The second kappa shape index (κ2) is 4.80. The van der Waals surface area contributed by atoms with E-state index in [2.05, 4.69) is 4.90 Å². The number of phenols is 1. The lowest BCUT2D eigenvalue weighted by atomic mass is 9.96. The second-order valence-electron chi connectivity index (χ2n) is 4.75. The Bertz CT molecular complexity index is 413. The van der Waals surface area contributed by atoms with Gasteiger partial charge in [0.2, 0.25) is 6.29 Å². The Morgan fingerprint density at radius 2 is 1.61 bits per heavy atom. The lowest BCUT2D eigenvalue weighted by Gasteiger charge is -2.35. The number of piperidine rings is 1. The Balaban J connectivity index is 1.57. The minimum atomic E-state index is -0.0908. The van der Waals surface area contributed by atoms with Crippen LogP contribution in [0.4, 0.5) is 5.69 Å². The van der Waals surface area contributed by atoms with E-state index in [0.29, 0.717) is 11.7 Å². The first kappa shape index (κ1) is 11.3. The number of nitrogens with zero attached hydrogens (tertiary/aromatic N) is 1. The first-order valence-corrected chi connectivity index (χ1v) is 6.33. The second-order valence-corrected chi connectivity index (χ2v) is 4.75. The molecular weight excluding hydrogens is 230 g/mol. The van der Waals surface area contributed by atoms with Gasteiger partial charge in [0.1, 0.15) is 18.3 Å². The minimum absolute atomic E-state index is 0.0908. The van der Waals surface area contributed by atoms with E-state index in [1.807, 2.05) is 12.1 Å². The lowest BCUT2D eigenvalue weighted by Crippen LogP contribution is -2.38. The van der Waals surface area contributed by atoms with Crippen LogP contribution in [-0.4, -0.2) is 24.5 Å². The fourth-order valence-corrected chi connectivity index (χ4v) is 2.57. The van der Waals surface area contributed by atoms with Crippen molar-refractivity contribution in [3.05, 3.63) is 36.8 Å². The Labute approximate surface area is 106 Å². The molecule has 0 atom stereocenters. The van der Waals surface area contributed by atoms with Gasteiger partial charge in [-0.1, -0.05) is 0 Å². The molecule has 0 saturated carbocycles. The van der Waals surface area contributed by atoms with Crippen LogP contribution in [0.5, 0.6) is 5.75 Å². The normalized spacial score (nSPS) is 20.8. The van der Waals surface area contributed by atoms with Crippen LogP contribution < -0.4 is 4.90 Å². The van der Waals surface area contributed by atoms with Gasteiger partial charge in [-0.3, -0.25) is 0 Å². The summed E-state index contributed by atoms with van der Waals surface area (Å²) in [6.07, 6.45) is 5.28. The number of benzene rings is 1. The number of hydrogen-bond acceptors (Lipinski definition) is 4. The van der Waals surface area contributed by atoms with Crippen molar-refractivity contribution in [2.75, 3.05) is 18.0 Å². The van der Waals surface area contributed by atoms with Gasteiger partial charge in [0, 0.05) is 24.7 Å². The van der Waals surface area contributed by atoms with Gasteiger partial charge in [-0.2, -0.15) is 0 Å². The van der Waals surface area contributed by atoms with Crippen molar-refractivity contribution in [3.8, 4) is 5.75 Å². The average molecular weight is 247 g/mol. The molecule has 0 radical (unpaired) electrons. The molecule has 0 unspecified atom stereocenters. The van der Waals surface area contributed by atoms with Crippen molar-refractivity contribution in [1.29, 1.82) is 0 Å². The van der Waals surface area contributed by atoms with Crippen LogP contribution in [0.2, 0.25) is 0 Å². The van der Waals surface area contributed by atoms with Crippen LogP contribution in [0.1, 0.15) is 12.8 Å². The van der Waals surface area contributed by atoms with Crippen molar-refractivity contribution >= 4 is 5.69 Å². The standard InChI is InChI=1S/C14H17NO3/c16-13-3-1-12(2-4-13)15-7-5-11(6-8-15)14-17-9-10-18-14/h1-4,9-11,14,16H,5-8H2. The van der Waals surface area contributed by atoms with Crippen molar-refractivity contribution in [3.63, 3.8) is 0 Å². The van der Waals surface area contributed by atoms with Gasteiger partial charge in [-0.25, -0.2) is 0 Å². The van der Waals surface area contributed by atoms with Gasteiger partial charge in [0.05, 0.1) is 0 Å². The molecule has 1 saturated heterocycles. The molecule has 0 aromatic heterocycles. The molecule has 1 aromatic rings. The van der Waals surface area contributed by atoms with Gasteiger partial charge < -0.3 is 19.5 Å². The van der Waals surface area contributed by atoms with E-state index in [9.17, 15) is 5.11 Å². The third-order valence-electron chi connectivity index (χ3n) is 3.62. The van der Waals surface area contributed by atoms with E-state index in [0.717, 1.165) is 31.6 Å². The van der Waals surface area contributed by atoms with Gasteiger partial charge in [0.25, 0.3) is 0 Å². The molecule has 2 heterocycles. The van der Waals surface area contributed by atoms with Crippen LogP contribution in [-0.2, 0) is 9.47 Å². The highest BCUT2D eigenvalue weighted by Crippen LogP contribution is 2.29. The zero-order valence-corrected chi connectivity index (χ0v) is 10.2. The maximum absolute atomic E-state index is 9.28.